The Hall–Kier alpha value is -3.06. The molecule has 1 aromatic heterocycles. The van der Waals surface area contributed by atoms with Gasteiger partial charge in [0.15, 0.2) is 0 Å². The van der Waals surface area contributed by atoms with E-state index < -0.39 is 11.7 Å². The SMILES string of the molecule is Nc1c(C(=O)Nc2cccc(Cl)c2)n(O)c2ccccc2[n+]1=O. The number of nitrogen functional groups attached to an aromatic ring is 1. The van der Waals surface area contributed by atoms with Crippen LogP contribution in [0.1, 0.15) is 10.5 Å². The molecule has 0 aliphatic heterocycles. The highest BCUT2D eigenvalue weighted by atomic mass is 35.5. The lowest BCUT2D eigenvalue weighted by molar-refractivity contribution is -0.448. The van der Waals surface area contributed by atoms with Crippen LogP contribution in [-0.4, -0.2) is 15.8 Å². The van der Waals surface area contributed by atoms with Crippen LogP contribution >= 0.6 is 11.6 Å². The normalized spacial score (nSPS) is 10.7. The third-order valence-corrected chi connectivity index (χ3v) is 3.53. The lowest BCUT2D eigenvalue weighted by Gasteiger charge is -2.10. The van der Waals surface area contributed by atoms with Gasteiger partial charge in [0.25, 0.3) is 5.91 Å². The van der Waals surface area contributed by atoms with Crippen molar-refractivity contribution in [3.8, 4) is 0 Å². The predicted molar refractivity (Wildman–Crippen MR) is 86.3 cm³/mol. The van der Waals surface area contributed by atoms with Crippen molar-refractivity contribution in [1.29, 1.82) is 0 Å². The average Bonchev–Trinajstić information content (AvgIpc) is 2.53. The maximum Gasteiger partial charge on any atom is 0.351 e. The molecule has 0 saturated carbocycles. The molecule has 116 valence electrons. The van der Waals surface area contributed by atoms with Gasteiger partial charge >= 0.3 is 5.82 Å². The molecule has 1 heterocycles. The summed E-state index contributed by atoms with van der Waals surface area (Å²) < 4.78 is 0.994. The lowest BCUT2D eigenvalue weighted by Crippen LogP contribution is -2.31. The highest BCUT2D eigenvalue weighted by Crippen LogP contribution is 2.19. The van der Waals surface area contributed by atoms with Gasteiger partial charge in [0.1, 0.15) is 5.52 Å². The molecular formula is C15H12ClN4O3+. The second-order valence-electron chi connectivity index (χ2n) is 4.79. The molecule has 7 nitrogen and oxygen atoms in total. The first-order valence-corrected chi connectivity index (χ1v) is 6.99. The minimum absolute atomic E-state index is 0.145. The van der Waals surface area contributed by atoms with Crippen LogP contribution in [0.5, 0.6) is 0 Å². The number of nitrogens with zero attached hydrogens (tertiary/aromatic N) is 2. The average molecular weight is 332 g/mol. The summed E-state index contributed by atoms with van der Waals surface area (Å²) in [5, 5.41) is 13.2. The Labute approximate surface area is 135 Å². The molecular weight excluding hydrogens is 320 g/mol. The largest absolute Gasteiger partial charge is 0.427 e. The molecule has 0 aliphatic carbocycles. The molecule has 1 amide bonds. The topological polar surface area (TPSA) is 103 Å². The van der Waals surface area contributed by atoms with E-state index in [9.17, 15) is 14.9 Å². The Morgan fingerprint density at radius 2 is 1.96 bits per heavy atom. The highest BCUT2D eigenvalue weighted by Gasteiger charge is 2.26. The van der Waals surface area contributed by atoms with Crippen LogP contribution in [0.15, 0.2) is 48.5 Å². The lowest BCUT2D eigenvalue weighted by atomic mass is 10.2. The number of anilines is 2. The van der Waals surface area contributed by atoms with Gasteiger partial charge in [0, 0.05) is 15.1 Å². The van der Waals surface area contributed by atoms with E-state index >= 15 is 0 Å². The summed E-state index contributed by atoms with van der Waals surface area (Å²) in [6.07, 6.45) is 0. The smallest absolute Gasteiger partial charge is 0.351 e. The Bertz CT molecular complexity index is 984. The highest BCUT2D eigenvalue weighted by molar-refractivity contribution is 6.31. The van der Waals surface area contributed by atoms with Gasteiger partial charge in [-0.2, -0.15) is 4.73 Å². The van der Waals surface area contributed by atoms with Crippen molar-refractivity contribution in [3.05, 3.63) is 64.2 Å². The summed E-state index contributed by atoms with van der Waals surface area (Å²) in [7, 11) is 0. The fraction of sp³-hybridized carbons (Fsp3) is 0. The number of para-hydroxylation sites is 2. The monoisotopic (exact) mass is 331 g/mol. The maximum absolute atomic E-state index is 12.4. The van der Waals surface area contributed by atoms with Gasteiger partial charge in [-0.25, -0.2) is 0 Å². The number of fused-ring (bicyclic) bond motifs is 1. The molecule has 0 fully saturated rings. The zero-order valence-electron chi connectivity index (χ0n) is 11.7. The molecule has 0 bridgehead atoms. The molecule has 23 heavy (non-hydrogen) atoms. The number of benzene rings is 2. The van der Waals surface area contributed by atoms with E-state index in [2.05, 4.69) is 5.32 Å². The van der Waals surface area contributed by atoms with E-state index in [0.717, 1.165) is 0 Å². The zero-order valence-corrected chi connectivity index (χ0v) is 12.5. The third kappa shape index (κ3) is 2.58. The Balaban J connectivity index is 2.12. The first-order valence-electron chi connectivity index (χ1n) is 6.61. The van der Waals surface area contributed by atoms with Crippen molar-refractivity contribution >= 4 is 40.0 Å². The molecule has 0 saturated heterocycles. The number of nitrogens with two attached hydrogens (primary N) is 1. The van der Waals surface area contributed by atoms with Crippen molar-refractivity contribution < 1.29 is 14.4 Å². The van der Waals surface area contributed by atoms with Crippen LogP contribution in [0, 0.1) is 4.91 Å². The van der Waals surface area contributed by atoms with Gasteiger partial charge in [0.05, 0.1) is 0 Å². The first kappa shape index (κ1) is 14.9. The van der Waals surface area contributed by atoms with E-state index in [1.165, 1.54) is 18.2 Å². The minimum atomic E-state index is -0.734. The number of hydrogen-bond donors (Lipinski definition) is 3. The number of halogens is 1. The number of nitrogens with one attached hydrogen (secondary N) is 1. The third-order valence-electron chi connectivity index (χ3n) is 3.30. The number of rotatable bonds is 2. The van der Waals surface area contributed by atoms with Gasteiger partial charge < -0.3 is 10.5 Å². The zero-order chi connectivity index (χ0) is 16.6. The van der Waals surface area contributed by atoms with Crippen LogP contribution in [0.25, 0.3) is 11.0 Å². The van der Waals surface area contributed by atoms with Gasteiger partial charge in [-0.1, -0.05) is 34.7 Å². The summed E-state index contributed by atoms with van der Waals surface area (Å²) in [4.78, 5) is 24.6. The van der Waals surface area contributed by atoms with E-state index in [0.29, 0.717) is 19.9 Å². The van der Waals surface area contributed by atoms with Gasteiger partial charge in [-0.05, 0) is 30.3 Å². The van der Waals surface area contributed by atoms with Crippen LogP contribution in [0.2, 0.25) is 5.02 Å². The van der Waals surface area contributed by atoms with E-state index in [1.54, 1.807) is 30.3 Å². The van der Waals surface area contributed by atoms with Gasteiger partial charge in [0.2, 0.25) is 11.2 Å². The van der Waals surface area contributed by atoms with E-state index in [1.807, 2.05) is 0 Å². The fourth-order valence-electron chi connectivity index (χ4n) is 2.24. The van der Waals surface area contributed by atoms with Crippen molar-refractivity contribution in [2.75, 3.05) is 11.1 Å². The van der Waals surface area contributed by atoms with Crippen molar-refractivity contribution in [1.82, 2.24) is 4.73 Å². The standard InChI is InChI=1S/C15H11ClN4O3/c16-9-4-3-5-10(8-9)18-15(21)13-14(17)20(23)12-7-2-1-6-11(12)19(13)22/h1-8,22H,(H2-,17,18,21)/p+1. The number of carbonyl (C=O) groups excluding carboxylic acids is 1. The summed E-state index contributed by atoms with van der Waals surface area (Å²) in [5.41, 5.74) is 6.07. The molecule has 0 radical (unpaired) electrons. The molecule has 0 unspecified atom stereocenters. The maximum atomic E-state index is 12.4. The molecule has 0 aliphatic rings. The summed E-state index contributed by atoms with van der Waals surface area (Å²) in [5.74, 6) is -1.15. The second-order valence-corrected chi connectivity index (χ2v) is 5.23. The quantitative estimate of drug-likeness (QED) is 0.495. The van der Waals surface area contributed by atoms with Crippen LogP contribution in [0.4, 0.5) is 11.5 Å². The molecule has 3 rings (SSSR count). The number of carbonyl (C=O) groups is 1. The number of aromatic nitrogens is 2. The van der Waals surface area contributed by atoms with Gasteiger partial charge in [-0.3, -0.25) is 10.5 Å². The Kier molecular flexibility index (Phi) is 3.63. The van der Waals surface area contributed by atoms with E-state index in [4.69, 9.17) is 17.3 Å². The first-order chi connectivity index (χ1) is 11.0. The fourth-order valence-corrected chi connectivity index (χ4v) is 2.43. The summed E-state index contributed by atoms with van der Waals surface area (Å²) in [6.45, 7) is 0. The Morgan fingerprint density at radius 1 is 1.22 bits per heavy atom. The van der Waals surface area contributed by atoms with Crippen LogP contribution < -0.4 is 15.5 Å². The molecule has 0 atom stereocenters. The van der Waals surface area contributed by atoms with Crippen LogP contribution in [-0.2, 0) is 0 Å². The number of hydrogen-bond acceptors (Lipinski definition) is 4. The van der Waals surface area contributed by atoms with Crippen molar-refractivity contribution in [2.24, 2.45) is 0 Å². The summed E-state index contributed by atoms with van der Waals surface area (Å²) in [6, 6.07) is 12.7. The molecule has 4 N–H and O–H groups in total. The predicted octanol–water partition coefficient (Wildman–Crippen LogP) is 2.28. The van der Waals surface area contributed by atoms with Gasteiger partial charge in [-0.15, -0.1) is 0 Å². The molecule has 2 aromatic carbocycles. The van der Waals surface area contributed by atoms with Crippen LogP contribution in [0.3, 0.4) is 0 Å². The van der Waals surface area contributed by atoms with E-state index in [-0.39, 0.29) is 16.7 Å². The van der Waals surface area contributed by atoms with Crippen molar-refractivity contribution in [2.45, 2.75) is 0 Å². The second kappa shape index (κ2) is 5.62. The molecule has 3 aromatic rings. The van der Waals surface area contributed by atoms with Crippen molar-refractivity contribution in [3.63, 3.8) is 0 Å². The Morgan fingerprint density at radius 3 is 2.70 bits per heavy atom. The molecule has 8 heteroatoms. The summed E-state index contributed by atoms with van der Waals surface area (Å²) >= 11 is 5.86. The number of amides is 1. The molecule has 0 spiro atoms. The minimum Gasteiger partial charge on any atom is -0.427 e.